The van der Waals surface area contributed by atoms with Gasteiger partial charge in [-0.25, -0.2) is 19.0 Å². The van der Waals surface area contributed by atoms with Crippen LogP contribution in [0.4, 0.5) is 27.6 Å². The number of carboxylic acid groups (broad SMARTS) is 1. The number of anilines is 1. The van der Waals surface area contributed by atoms with Gasteiger partial charge in [-0.3, -0.25) is 4.98 Å². The van der Waals surface area contributed by atoms with E-state index in [0.29, 0.717) is 58.1 Å². The first-order valence-electron chi connectivity index (χ1n) is 11.9. The Morgan fingerprint density at radius 3 is 2.45 bits per heavy atom. The SMILES string of the molecule is O=C(O)/C=C/c1ccc(/C(=C(\c2ccc(F)cc2C(F)(F)F)C2CCC2)c2ccc3c(c2)C(F)NN3)cn1. The van der Waals surface area contributed by atoms with Crippen LogP contribution in [0.15, 0.2) is 60.8 Å². The zero-order valence-corrected chi connectivity index (χ0v) is 19.8. The number of nitrogens with one attached hydrogen (secondary N) is 2. The predicted octanol–water partition coefficient (Wildman–Crippen LogP) is 6.99. The number of hydrogen-bond donors (Lipinski definition) is 3. The molecular weight excluding hydrogens is 505 g/mol. The molecule has 0 spiro atoms. The maximum absolute atomic E-state index is 14.5. The summed E-state index contributed by atoms with van der Waals surface area (Å²) in [5.74, 6) is -2.39. The number of carbonyl (C=O) groups is 1. The summed E-state index contributed by atoms with van der Waals surface area (Å²) in [7, 11) is 0. The monoisotopic (exact) mass is 527 g/mol. The van der Waals surface area contributed by atoms with Crippen molar-refractivity contribution in [1.29, 1.82) is 0 Å². The number of hydrazine groups is 1. The molecule has 5 rings (SSSR count). The average Bonchev–Trinajstić information content (AvgIpc) is 3.21. The molecule has 1 atom stereocenters. The van der Waals surface area contributed by atoms with E-state index >= 15 is 0 Å². The summed E-state index contributed by atoms with van der Waals surface area (Å²) in [4.78, 5) is 15.2. The van der Waals surface area contributed by atoms with Crippen molar-refractivity contribution >= 4 is 28.9 Å². The lowest BCUT2D eigenvalue weighted by molar-refractivity contribution is -0.138. The van der Waals surface area contributed by atoms with Crippen LogP contribution in [0, 0.1) is 11.7 Å². The van der Waals surface area contributed by atoms with E-state index in [9.17, 15) is 26.7 Å². The van der Waals surface area contributed by atoms with Crippen LogP contribution in [0.1, 0.15) is 59.1 Å². The number of halogens is 5. The van der Waals surface area contributed by atoms with Crippen LogP contribution in [0.5, 0.6) is 0 Å². The molecule has 3 N–H and O–H groups in total. The number of fused-ring (bicyclic) bond motifs is 1. The standard InChI is InChI=1S/C28H22F5N3O2/c29-18-6-9-20(22(13-18)28(31,32)33)26(15-2-1-3-15)25(16-5-10-23-21(12-16)27(30)36-35-23)17-4-7-19(34-14-17)8-11-24(37)38/h4-15,27,35-36H,1-3H2,(H,37,38)/b11-8+,26-25-. The van der Waals surface area contributed by atoms with Crippen LogP contribution in [-0.4, -0.2) is 16.1 Å². The molecule has 2 aliphatic rings. The van der Waals surface area contributed by atoms with E-state index in [0.717, 1.165) is 24.6 Å². The molecule has 0 saturated heterocycles. The van der Waals surface area contributed by atoms with E-state index in [1.165, 1.54) is 12.3 Å². The Morgan fingerprint density at radius 1 is 1.05 bits per heavy atom. The van der Waals surface area contributed by atoms with Crippen molar-refractivity contribution in [3.63, 3.8) is 0 Å². The molecule has 0 bridgehead atoms. The number of aromatic nitrogens is 1. The summed E-state index contributed by atoms with van der Waals surface area (Å²) in [6, 6.07) is 10.8. The number of hydrogen-bond acceptors (Lipinski definition) is 4. The molecule has 2 heterocycles. The Morgan fingerprint density at radius 2 is 1.82 bits per heavy atom. The number of pyridine rings is 1. The molecule has 1 aliphatic heterocycles. The largest absolute Gasteiger partial charge is 0.478 e. The molecule has 5 nitrogen and oxygen atoms in total. The van der Waals surface area contributed by atoms with Gasteiger partial charge in [-0.1, -0.05) is 24.6 Å². The molecule has 1 fully saturated rings. The molecule has 3 aromatic rings. The van der Waals surface area contributed by atoms with Crippen molar-refractivity contribution in [2.45, 2.75) is 31.7 Å². The second-order valence-corrected chi connectivity index (χ2v) is 9.18. The lowest BCUT2D eigenvalue weighted by Crippen LogP contribution is -2.19. The van der Waals surface area contributed by atoms with Gasteiger partial charge in [0.2, 0.25) is 0 Å². The highest BCUT2D eigenvalue weighted by Gasteiger charge is 2.38. The quantitative estimate of drug-likeness (QED) is 0.139. The Hall–Kier alpha value is -4.05. The van der Waals surface area contributed by atoms with Crippen LogP contribution in [0.25, 0.3) is 17.2 Å². The van der Waals surface area contributed by atoms with Crippen LogP contribution < -0.4 is 10.9 Å². The third-order valence-electron chi connectivity index (χ3n) is 6.78. The van der Waals surface area contributed by atoms with Crippen LogP contribution in [0.3, 0.4) is 0 Å². The van der Waals surface area contributed by atoms with E-state index in [-0.39, 0.29) is 11.5 Å². The number of nitrogens with zero attached hydrogens (tertiary/aromatic N) is 1. The average molecular weight is 527 g/mol. The van der Waals surface area contributed by atoms with Gasteiger partial charge in [-0.05, 0) is 77.4 Å². The summed E-state index contributed by atoms with van der Waals surface area (Å²) in [6.45, 7) is 0. The molecule has 0 radical (unpaired) electrons. The molecule has 38 heavy (non-hydrogen) atoms. The highest BCUT2D eigenvalue weighted by molar-refractivity contribution is 6.00. The predicted molar refractivity (Wildman–Crippen MR) is 133 cm³/mol. The fourth-order valence-electron chi connectivity index (χ4n) is 4.79. The first-order valence-corrected chi connectivity index (χ1v) is 11.9. The number of carboxylic acids is 1. The third-order valence-corrected chi connectivity index (χ3v) is 6.78. The van der Waals surface area contributed by atoms with Crippen molar-refractivity contribution < 1.29 is 31.9 Å². The van der Waals surface area contributed by atoms with Crippen LogP contribution in [-0.2, 0) is 11.0 Å². The molecule has 10 heteroatoms. The normalized spacial score (nSPS) is 18.1. The number of benzene rings is 2. The highest BCUT2D eigenvalue weighted by atomic mass is 19.4. The van der Waals surface area contributed by atoms with Gasteiger partial charge in [0.25, 0.3) is 0 Å². The topological polar surface area (TPSA) is 74.2 Å². The lowest BCUT2D eigenvalue weighted by atomic mass is 9.72. The van der Waals surface area contributed by atoms with Crippen LogP contribution in [0.2, 0.25) is 0 Å². The summed E-state index contributed by atoms with van der Waals surface area (Å²) >= 11 is 0. The first kappa shape index (κ1) is 25.6. The smallest absolute Gasteiger partial charge is 0.417 e. The summed E-state index contributed by atoms with van der Waals surface area (Å²) in [5, 5.41) is 8.89. The molecule has 1 saturated carbocycles. The molecule has 1 aliphatic carbocycles. The van der Waals surface area contributed by atoms with E-state index in [2.05, 4.69) is 15.8 Å². The molecule has 1 unspecified atom stereocenters. The highest BCUT2D eigenvalue weighted by Crippen LogP contribution is 2.48. The van der Waals surface area contributed by atoms with E-state index in [1.54, 1.807) is 30.3 Å². The Kier molecular flexibility index (Phi) is 6.75. The lowest BCUT2D eigenvalue weighted by Gasteiger charge is -2.33. The maximum Gasteiger partial charge on any atom is 0.417 e. The summed E-state index contributed by atoms with van der Waals surface area (Å²) in [5.41, 5.74) is 6.88. The Bertz CT molecular complexity index is 1440. The van der Waals surface area contributed by atoms with Gasteiger partial charge >= 0.3 is 12.1 Å². The second kappa shape index (κ2) is 10.0. The van der Waals surface area contributed by atoms with Crippen molar-refractivity contribution in [2.24, 2.45) is 5.92 Å². The second-order valence-electron chi connectivity index (χ2n) is 9.18. The minimum atomic E-state index is -4.81. The summed E-state index contributed by atoms with van der Waals surface area (Å²) in [6.07, 6.45) is -0.554. The first-order chi connectivity index (χ1) is 18.1. The summed E-state index contributed by atoms with van der Waals surface area (Å²) < 4.78 is 71.0. The number of allylic oxidation sites excluding steroid dienone is 1. The van der Waals surface area contributed by atoms with Gasteiger partial charge in [0.15, 0.2) is 6.30 Å². The number of alkyl halides is 4. The fourth-order valence-corrected chi connectivity index (χ4v) is 4.79. The van der Waals surface area contributed by atoms with Gasteiger partial charge in [0, 0.05) is 23.4 Å². The van der Waals surface area contributed by atoms with Gasteiger partial charge in [0.1, 0.15) is 5.82 Å². The zero-order chi connectivity index (χ0) is 27.0. The van der Waals surface area contributed by atoms with Crippen LogP contribution >= 0.6 is 0 Å². The van der Waals surface area contributed by atoms with Gasteiger partial charge in [-0.15, -0.1) is 0 Å². The Balaban J connectivity index is 1.79. The fraction of sp³-hybridized carbons (Fsp3) is 0.214. The minimum absolute atomic E-state index is 0.137. The van der Waals surface area contributed by atoms with Crippen molar-refractivity contribution in [2.75, 3.05) is 5.43 Å². The number of aliphatic carboxylic acids is 1. The molecule has 196 valence electrons. The minimum Gasteiger partial charge on any atom is -0.478 e. The zero-order valence-electron chi connectivity index (χ0n) is 19.8. The molecule has 0 amide bonds. The van der Waals surface area contributed by atoms with Gasteiger partial charge in [-0.2, -0.15) is 13.2 Å². The maximum atomic E-state index is 14.5. The van der Waals surface area contributed by atoms with E-state index in [4.69, 9.17) is 5.11 Å². The van der Waals surface area contributed by atoms with Gasteiger partial charge < -0.3 is 10.5 Å². The van der Waals surface area contributed by atoms with Crippen molar-refractivity contribution in [3.05, 3.63) is 100 Å². The Labute approximate surface area is 214 Å². The molecule has 2 aromatic carbocycles. The number of rotatable bonds is 6. The van der Waals surface area contributed by atoms with E-state index in [1.807, 2.05) is 0 Å². The van der Waals surface area contributed by atoms with Crippen molar-refractivity contribution in [3.8, 4) is 0 Å². The molecular formula is C28H22F5N3O2. The third kappa shape index (κ3) is 5.04. The van der Waals surface area contributed by atoms with Crippen molar-refractivity contribution in [1.82, 2.24) is 10.4 Å². The van der Waals surface area contributed by atoms with E-state index < -0.39 is 29.8 Å². The van der Waals surface area contributed by atoms with Gasteiger partial charge in [0.05, 0.1) is 16.9 Å². The molecule has 1 aromatic heterocycles.